The summed E-state index contributed by atoms with van der Waals surface area (Å²) in [6.07, 6.45) is 1.31. The first-order chi connectivity index (χ1) is 9.82. The summed E-state index contributed by atoms with van der Waals surface area (Å²) in [5.74, 6) is -1.09. The average molecular weight is 352 g/mol. The lowest BCUT2D eigenvalue weighted by Crippen LogP contribution is -2.40. The van der Waals surface area contributed by atoms with Crippen LogP contribution in [0.15, 0.2) is 23.1 Å². The van der Waals surface area contributed by atoms with Crippen LogP contribution in [0.25, 0.3) is 0 Å². The molecule has 1 aromatic rings. The van der Waals surface area contributed by atoms with Gasteiger partial charge >= 0.3 is 5.97 Å². The fourth-order valence-corrected chi connectivity index (χ4v) is 4.77. The van der Waals surface area contributed by atoms with Crippen molar-refractivity contribution in [1.29, 1.82) is 0 Å². The Kier molecular flexibility index (Phi) is 5.14. The molecule has 0 bridgehead atoms. The number of halogens is 2. The Hall–Kier alpha value is -0.820. The van der Waals surface area contributed by atoms with E-state index in [-0.39, 0.29) is 33.8 Å². The minimum Gasteiger partial charge on any atom is -0.481 e. The van der Waals surface area contributed by atoms with Crippen molar-refractivity contribution in [3.8, 4) is 0 Å². The molecule has 1 aliphatic heterocycles. The quantitative estimate of drug-likeness (QED) is 0.904. The third-order valence-electron chi connectivity index (χ3n) is 3.48. The zero-order valence-electron chi connectivity index (χ0n) is 11.1. The van der Waals surface area contributed by atoms with E-state index in [1.54, 1.807) is 0 Å². The van der Waals surface area contributed by atoms with Crippen molar-refractivity contribution in [3.63, 3.8) is 0 Å². The average Bonchev–Trinajstić information content (AvgIpc) is 2.41. The van der Waals surface area contributed by atoms with Crippen LogP contribution in [0.4, 0.5) is 0 Å². The monoisotopic (exact) mass is 351 g/mol. The Morgan fingerprint density at radius 3 is 2.76 bits per heavy atom. The van der Waals surface area contributed by atoms with Gasteiger partial charge in [-0.15, -0.1) is 0 Å². The topological polar surface area (TPSA) is 74.7 Å². The van der Waals surface area contributed by atoms with Gasteiger partial charge < -0.3 is 5.11 Å². The molecule has 1 N–H and O–H groups in total. The van der Waals surface area contributed by atoms with E-state index in [4.69, 9.17) is 28.3 Å². The lowest BCUT2D eigenvalue weighted by Gasteiger charge is -2.31. The van der Waals surface area contributed by atoms with Gasteiger partial charge in [0.15, 0.2) is 0 Å². The minimum absolute atomic E-state index is 0.000440. The Labute approximate surface area is 133 Å². The van der Waals surface area contributed by atoms with Gasteiger partial charge in [0.1, 0.15) is 4.90 Å². The highest BCUT2D eigenvalue weighted by Gasteiger charge is 2.32. The number of rotatable bonds is 4. The number of hydrogen-bond donors (Lipinski definition) is 1. The summed E-state index contributed by atoms with van der Waals surface area (Å²) in [5.41, 5.74) is 0. The van der Waals surface area contributed by atoms with Crippen molar-refractivity contribution < 1.29 is 18.3 Å². The van der Waals surface area contributed by atoms with Crippen LogP contribution in [0.5, 0.6) is 0 Å². The summed E-state index contributed by atoms with van der Waals surface area (Å²) in [5, 5.41) is 9.02. The van der Waals surface area contributed by atoms with Crippen molar-refractivity contribution in [2.45, 2.75) is 24.2 Å². The van der Waals surface area contributed by atoms with Crippen molar-refractivity contribution in [3.05, 3.63) is 28.2 Å². The van der Waals surface area contributed by atoms with Crippen molar-refractivity contribution in [2.75, 3.05) is 13.1 Å². The largest absolute Gasteiger partial charge is 0.481 e. The van der Waals surface area contributed by atoms with E-state index < -0.39 is 16.0 Å². The van der Waals surface area contributed by atoms with E-state index in [1.807, 2.05) is 0 Å². The molecule has 1 atom stereocenters. The molecule has 0 aromatic heterocycles. The number of nitrogens with zero attached hydrogens (tertiary/aromatic N) is 1. The van der Waals surface area contributed by atoms with Gasteiger partial charge in [0.2, 0.25) is 10.0 Å². The van der Waals surface area contributed by atoms with Gasteiger partial charge in [0.05, 0.1) is 10.0 Å². The highest BCUT2D eigenvalue weighted by Crippen LogP contribution is 2.33. The lowest BCUT2D eigenvalue weighted by molar-refractivity contribution is -0.138. The van der Waals surface area contributed by atoms with Crippen LogP contribution in [0.3, 0.4) is 0 Å². The third kappa shape index (κ3) is 3.69. The Morgan fingerprint density at radius 2 is 2.10 bits per heavy atom. The molecule has 21 heavy (non-hydrogen) atoms. The normalized spacial score (nSPS) is 20.4. The molecular weight excluding hydrogens is 337 g/mol. The third-order valence-corrected chi connectivity index (χ3v) is 6.32. The Morgan fingerprint density at radius 1 is 1.38 bits per heavy atom. The van der Waals surface area contributed by atoms with Crippen LogP contribution in [0, 0.1) is 5.92 Å². The van der Waals surface area contributed by atoms with Crippen molar-refractivity contribution in [1.82, 2.24) is 4.31 Å². The number of sulfonamides is 1. The summed E-state index contributed by atoms with van der Waals surface area (Å²) in [6, 6.07) is 4.45. The van der Waals surface area contributed by atoms with Gasteiger partial charge in [0, 0.05) is 19.5 Å². The van der Waals surface area contributed by atoms with E-state index >= 15 is 0 Å². The highest BCUT2D eigenvalue weighted by molar-refractivity contribution is 7.89. The van der Waals surface area contributed by atoms with Gasteiger partial charge in [-0.3, -0.25) is 4.79 Å². The number of hydrogen-bond acceptors (Lipinski definition) is 3. The second-order valence-electron chi connectivity index (χ2n) is 5.02. The van der Waals surface area contributed by atoms with Crippen LogP contribution in [-0.4, -0.2) is 36.9 Å². The molecule has 0 amide bonds. The van der Waals surface area contributed by atoms with Crippen LogP contribution in [0.2, 0.25) is 10.0 Å². The molecule has 8 heteroatoms. The zero-order chi connectivity index (χ0) is 15.6. The molecule has 0 saturated carbocycles. The number of carboxylic acid groups (broad SMARTS) is 1. The maximum atomic E-state index is 12.6. The van der Waals surface area contributed by atoms with Crippen molar-refractivity contribution in [2.24, 2.45) is 5.92 Å². The Balaban J connectivity index is 2.27. The number of aliphatic carboxylic acids is 1. The van der Waals surface area contributed by atoms with Gasteiger partial charge in [-0.1, -0.05) is 29.3 Å². The molecule has 1 saturated heterocycles. The minimum atomic E-state index is -3.76. The highest BCUT2D eigenvalue weighted by atomic mass is 35.5. The van der Waals surface area contributed by atoms with Gasteiger partial charge in [-0.25, -0.2) is 8.42 Å². The predicted octanol–water partition coefficient (Wildman–Crippen LogP) is 2.87. The van der Waals surface area contributed by atoms with E-state index in [9.17, 15) is 13.2 Å². The fraction of sp³-hybridized carbons (Fsp3) is 0.462. The second kappa shape index (κ2) is 6.52. The molecule has 116 valence electrons. The molecule has 1 fully saturated rings. The van der Waals surface area contributed by atoms with Crippen LogP contribution in [-0.2, 0) is 14.8 Å². The molecule has 0 radical (unpaired) electrons. The van der Waals surface area contributed by atoms with Crippen LogP contribution >= 0.6 is 23.2 Å². The molecular formula is C13H15Cl2NO4S. The molecule has 0 spiro atoms. The molecule has 1 unspecified atom stereocenters. The zero-order valence-corrected chi connectivity index (χ0v) is 13.5. The molecule has 5 nitrogen and oxygen atoms in total. The second-order valence-corrected chi connectivity index (χ2v) is 7.71. The summed E-state index contributed by atoms with van der Waals surface area (Å²) < 4.78 is 26.5. The Bertz CT molecular complexity index is 648. The fourth-order valence-electron chi connectivity index (χ4n) is 2.48. The molecule has 1 heterocycles. The number of carboxylic acids is 1. The molecule has 1 aliphatic rings. The van der Waals surface area contributed by atoms with E-state index in [2.05, 4.69) is 0 Å². The first-order valence-electron chi connectivity index (χ1n) is 6.48. The lowest BCUT2D eigenvalue weighted by atomic mass is 9.96. The maximum absolute atomic E-state index is 12.6. The maximum Gasteiger partial charge on any atom is 0.303 e. The van der Waals surface area contributed by atoms with E-state index in [1.165, 1.54) is 22.5 Å². The number of piperidine rings is 1. The predicted molar refractivity (Wildman–Crippen MR) is 80.2 cm³/mol. The molecule has 1 aromatic carbocycles. The standard InChI is InChI=1S/C13H15Cl2NO4S/c14-10-4-1-5-11(13(10)15)21(19,20)16-6-2-3-9(8-16)7-12(17)18/h1,4-5,9H,2-3,6-8H2,(H,17,18). The summed E-state index contributed by atoms with van der Waals surface area (Å²) >= 11 is 11.8. The smallest absolute Gasteiger partial charge is 0.303 e. The summed E-state index contributed by atoms with van der Waals surface area (Å²) in [6.45, 7) is 0.554. The number of benzene rings is 1. The number of carbonyl (C=O) groups is 1. The van der Waals surface area contributed by atoms with Gasteiger partial charge in [-0.05, 0) is 30.9 Å². The van der Waals surface area contributed by atoms with Gasteiger partial charge in [-0.2, -0.15) is 4.31 Å². The van der Waals surface area contributed by atoms with E-state index in [0.29, 0.717) is 19.4 Å². The van der Waals surface area contributed by atoms with Crippen LogP contribution in [0.1, 0.15) is 19.3 Å². The first-order valence-corrected chi connectivity index (χ1v) is 8.68. The van der Waals surface area contributed by atoms with Crippen molar-refractivity contribution >= 4 is 39.2 Å². The molecule has 0 aliphatic carbocycles. The summed E-state index contributed by atoms with van der Waals surface area (Å²) in [7, 11) is -3.76. The van der Waals surface area contributed by atoms with E-state index in [0.717, 1.165) is 0 Å². The molecule has 2 rings (SSSR count). The van der Waals surface area contributed by atoms with Gasteiger partial charge in [0.25, 0.3) is 0 Å². The summed E-state index contributed by atoms with van der Waals surface area (Å²) in [4.78, 5) is 10.8. The first kappa shape index (κ1) is 16.5. The van der Waals surface area contributed by atoms with Crippen LogP contribution < -0.4 is 0 Å². The SMILES string of the molecule is O=C(O)CC1CCCN(S(=O)(=O)c2cccc(Cl)c2Cl)C1.